The van der Waals surface area contributed by atoms with E-state index in [-0.39, 0.29) is 23.0 Å². The highest BCUT2D eigenvalue weighted by Crippen LogP contribution is 2.28. The topological polar surface area (TPSA) is 108 Å². The van der Waals surface area contributed by atoms with Crippen molar-refractivity contribution < 1.29 is 23.5 Å². The number of anilines is 1. The second-order valence-electron chi connectivity index (χ2n) is 7.91. The summed E-state index contributed by atoms with van der Waals surface area (Å²) >= 11 is 12.1. The molecule has 2 aromatic heterocycles. The highest BCUT2D eigenvalue weighted by molar-refractivity contribution is 6.37. The Labute approximate surface area is 215 Å². The fourth-order valence-electron chi connectivity index (χ4n) is 3.33. The Kier molecular flexibility index (Phi) is 7.57. The summed E-state index contributed by atoms with van der Waals surface area (Å²) in [6.45, 7) is 3.25. The molecular weight excluding hydrogens is 507 g/mol. The number of amides is 1. The molecule has 0 aliphatic carbocycles. The molecule has 184 valence electrons. The van der Waals surface area contributed by atoms with Gasteiger partial charge in [-0.15, -0.1) is 0 Å². The number of esters is 1. The third-order valence-electron chi connectivity index (χ3n) is 5.31. The van der Waals surface area contributed by atoms with Gasteiger partial charge in [-0.1, -0.05) is 35.3 Å². The molecule has 4 aromatic rings. The predicted molar refractivity (Wildman–Crippen MR) is 136 cm³/mol. The SMILES string of the molecule is Cc1c(Cl)cnc(NC(=O)COC(=O)c2ccc(COc3ccc4c(C)cc(=O)oc4c3)cc2)c1Cl. The van der Waals surface area contributed by atoms with Gasteiger partial charge < -0.3 is 19.2 Å². The lowest BCUT2D eigenvalue weighted by Gasteiger charge is -2.10. The Bertz CT molecular complexity index is 1520. The number of fused-ring (bicyclic) bond motifs is 1. The zero-order valence-corrected chi connectivity index (χ0v) is 20.8. The molecular formula is C26H20Cl2N2O6. The number of aromatic nitrogens is 1. The Morgan fingerprint density at radius 3 is 2.56 bits per heavy atom. The molecule has 8 nitrogen and oxygen atoms in total. The molecule has 0 fully saturated rings. The van der Waals surface area contributed by atoms with Crippen molar-refractivity contribution in [3.63, 3.8) is 0 Å². The molecule has 4 rings (SSSR count). The van der Waals surface area contributed by atoms with Crippen LogP contribution in [0.1, 0.15) is 27.0 Å². The van der Waals surface area contributed by atoms with Crippen LogP contribution < -0.4 is 15.7 Å². The number of halogens is 2. The van der Waals surface area contributed by atoms with Gasteiger partial charge in [0.25, 0.3) is 5.91 Å². The van der Waals surface area contributed by atoms with Gasteiger partial charge in [0.2, 0.25) is 0 Å². The van der Waals surface area contributed by atoms with Gasteiger partial charge in [0, 0.05) is 23.7 Å². The molecule has 10 heteroatoms. The van der Waals surface area contributed by atoms with Gasteiger partial charge >= 0.3 is 11.6 Å². The van der Waals surface area contributed by atoms with Gasteiger partial charge in [-0.3, -0.25) is 4.79 Å². The highest BCUT2D eigenvalue weighted by Gasteiger charge is 2.14. The third-order valence-corrected chi connectivity index (χ3v) is 6.16. The Morgan fingerprint density at radius 1 is 1.06 bits per heavy atom. The van der Waals surface area contributed by atoms with Crippen molar-refractivity contribution >= 4 is 51.9 Å². The second-order valence-corrected chi connectivity index (χ2v) is 8.70. The summed E-state index contributed by atoms with van der Waals surface area (Å²) in [4.78, 5) is 40.0. The zero-order chi connectivity index (χ0) is 25.8. The highest BCUT2D eigenvalue weighted by atomic mass is 35.5. The molecule has 36 heavy (non-hydrogen) atoms. The van der Waals surface area contributed by atoms with E-state index in [0.717, 1.165) is 16.5 Å². The van der Waals surface area contributed by atoms with E-state index >= 15 is 0 Å². The average molecular weight is 527 g/mol. The lowest BCUT2D eigenvalue weighted by atomic mass is 10.1. The van der Waals surface area contributed by atoms with Crippen molar-refractivity contribution in [3.8, 4) is 5.75 Å². The van der Waals surface area contributed by atoms with E-state index in [4.69, 9.17) is 37.1 Å². The van der Waals surface area contributed by atoms with E-state index < -0.39 is 24.1 Å². The number of carbonyl (C=O) groups is 2. The molecule has 0 spiro atoms. The maximum absolute atomic E-state index is 12.3. The van der Waals surface area contributed by atoms with Gasteiger partial charge in [-0.05, 0) is 54.8 Å². The first-order valence-electron chi connectivity index (χ1n) is 10.7. The molecule has 0 saturated carbocycles. The first-order valence-corrected chi connectivity index (χ1v) is 11.5. The van der Waals surface area contributed by atoms with E-state index in [2.05, 4.69) is 10.3 Å². The Morgan fingerprint density at radius 2 is 1.81 bits per heavy atom. The lowest BCUT2D eigenvalue weighted by molar-refractivity contribution is -0.119. The van der Waals surface area contributed by atoms with Crippen LogP contribution in [0.2, 0.25) is 10.0 Å². The fourth-order valence-corrected chi connectivity index (χ4v) is 3.72. The maximum Gasteiger partial charge on any atom is 0.338 e. The number of nitrogens with zero attached hydrogens (tertiary/aromatic N) is 1. The number of hydrogen-bond donors (Lipinski definition) is 1. The second kappa shape index (κ2) is 10.8. The largest absolute Gasteiger partial charge is 0.489 e. The summed E-state index contributed by atoms with van der Waals surface area (Å²) in [6, 6.07) is 13.3. The van der Waals surface area contributed by atoms with Crippen LogP contribution in [0.3, 0.4) is 0 Å². The van der Waals surface area contributed by atoms with Crippen LogP contribution in [-0.2, 0) is 16.1 Å². The quantitative estimate of drug-likeness (QED) is 0.250. The monoisotopic (exact) mass is 526 g/mol. The fraction of sp³-hybridized carbons (Fsp3) is 0.154. The summed E-state index contributed by atoms with van der Waals surface area (Å²) < 4.78 is 16.1. The van der Waals surface area contributed by atoms with Crippen LogP contribution >= 0.6 is 23.2 Å². The van der Waals surface area contributed by atoms with Crippen LogP contribution in [0.15, 0.2) is 63.9 Å². The number of carbonyl (C=O) groups excluding carboxylic acids is 2. The smallest absolute Gasteiger partial charge is 0.338 e. The standard InChI is InChI=1S/C26H20Cl2N2O6/c1-14-9-23(32)36-21-10-18(7-8-19(14)21)34-12-16-3-5-17(6-4-16)26(33)35-13-22(31)30-25-24(28)15(2)20(27)11-29-25/h3-11H,12-13H2,1-2H3,(H,29,30,31). The first-order chi connectivity index (χ1) is 17.2. The first kappa shape index (κ1) is 25.2. The van der Waals surface area contributed by atoms with E-state index in [9.17, 15) is 14.4 Å². The Hall–Kier alpha value is -3.88. The van der Waals surface area contributed by atoms with Gasteiger partial charge in [-0.2, -0.15) is 0 Å². The molecule has 0 unspecified atom stereocenters. The van der Waals surface area contributed by atoms with Crippen molar-refractivity contribution in [2.75, 3.05) is 11.9 Å². The molecule has 0 bridgehead atoms. The number of aryl methyl sites for hydroxylation is 1. The van der Waals surface area contributed by atoms with Crippen LogP contribution in [0.4, 0.5) is 5.82 Å². The number of ether oxygens (including phenoxy) is 2. The molecule has 0 aliphatic heterocycles. The van der Waals surface area contributed by atoms with Crippen molar-refractivity contribution in [3.05, 3.63) is 97.4 Å². The maximum atomic E-state index is 12.3. The van der Waals surface area contributed by atoms with Crippen LogP contribution in [0.5, 0.6) is 5.75 Å². The number of benzene rings is 2. The minimum atomic E-state index is -0.663. The summed E-state index contributed by atoms with van der Waals surface area (Å²) in [5.74, 6) is -0.585. The number of rotatable bonds is 7. The molecule has 2 heterocycles. The van der Waals surface area contributed by atoms with Gasteiger partial charge in [-0.25, -0.2) is 14.6 Å². The molecule has 0 radical (unpaired) electrons. The number of hydrogen-bond acceptors (Lipinski definition) is 7. The number of pyridine rings is 1. The van der Waals surface area contributed by atoms with E-state index in [1.165, 1.54) is 12.3 Å². The molecule has 0 aliphatic rings. The molecule has 1 N–H and O–H groups in total. The average Bonchev–Trinajstić information content (AvgIpc) is 2.86. The van der Waals surface area contributed by atoms with E-state index in [1.807, 2.05) is 13.0 Å². The van der Waals surface area contributed by atoms with Gasteiger partial charge in [0.1, 0.15) is 17.9 Å². The molecule has 0 saturated heterocycles. The molecule has 0 atom stereocenters. The normalized spacial score (nSPS) is 10.8. The zero-order valence-electron chi connectivity index (χ0n) is 19.3. The van der Waals surface area contributed by atoms with E-state index in [0.29, 0.717) is 21.9 Å². The molecule has 1 amide bonds. The van der Waals surface area contributed by atoms with Crippen LogP contribution in [0.25, 0.3) is 11.0 Å². The summed E-state index contributed by atoms with van der Waals surface area (Å²) in [5, 5.41) is 3.91. The minimum absolute atomic E-state index is 0.132. The summed E-state index contributed by atoms with van der Waals surface area (Å²) in [5.41, 5.74) is 2.50. The summed E-state index contributed by atoms with van der Waals surface area (Å²) in [6.07, 6.45) is 1.37. The predicted octanol–water partition coefficient (Wildman–Crippen LogP) is 5.49. The van der Waals surface area contributed by atoms with Crippen molar-refractivity contribution in [2.45, 2.75) is 20.5 Å². The van der Waals surface area contributed by atoms with Crippen molar-refractivity contribution in [1.82, 2.24) is 4.98 Å². The van der Waals surface area contributed by atoms with Crippen LogP contribution in [0, 0.1) is 13.8 Å². The Balaban J connectivity index is 1.31. The minimum Gasteiger partial charge on any atom is -0.489 e. The van der Waals surface area contributed by atoms with Crippen molar-refractivity contribution in [1.29, 1.82) is 0 Å². The van der Waals surface area contributed by atoms with Gasteiger partial charge in [0.15, 0.2) is 12.4 Å². The van der Waals surface area contributed by atoms with Crippen LogP contribution in [-0.4, -0.2) is 23.5 Å². The van der Waals surface area contributed by atoms with E-state index in [1.54, 1.807) is 43.3 Å². The van der Waals surface area contributed by atoms with Gasteiger partial charge in [0.05, 0.1) is 15.6 Å². The molecule has 2 aromatic carbocycles. The lowest BCUT2D eigenvalue weighted by Crippen LogP contribution is -2.21. The number of nitrogens with one attached hydrogen (secondary N) is 1. The third kappa shape index (κ3) is 5.84. The summed E-state index contributed by atoms with van der Waals surface area (Å²) in [7, 11) is 0. The van der Waals surface area contributed by atoms with Crippen molar-refractivity contribution in [2.24, 2.45) is 0 Å².